The zero-order chi connectivity index (χ0) is 11.1. The second-order valence-corrected chi connectivity index (χ2v) is 4.14. The molecule has 1 aromatic rings. The summed E-state index contributed by atoms with van der Waals surface area (Å²) in [6.45, 7) is 2.19. The van der Waals surface area contributed by atoms with Gasteiger partial charge in [-0.2, -0.15) is 0 Å². The van der Waals surface area contributed by atoms with Crippen molar-refractivity contribution in [3.63, 3.8) is 0 Å². The molecule has 3 heteroatoms. The minimum atomic E-state index is 0.172. The predicted molar refractivity (Wildman–Crippen MR) is 65.7 cm³/mol. The smallest absolute Gasteiger partial charge is 0.0474 e. The molecule has 1 atom stereocenters. The van der Waals surface area contributed by atoms with E-state index in [9.17, 15) is 0 Å². The molecule has 0 aliphatic rings. The molecule has 0 amide bonds. The van der Waals surface area contributed by atoms with Crippen LogP contribution in [0.4, 0.5) is 0 Å². The van der Waals surface area contributed by atoms with Crippen molar-refractivity contribution in [3.8, 4) is 0 Å². The lowest BCUT2D eigenvalue weighted by atomic mass is 10.0. The van der Waals surface area contributed by atoms with E-state index in [4.69, 9.17) is 17.4 Å². The predicted octanol–water partition coefficient (Wildman–Crippen LogP) is 3.42. The van der Waals surface area contributed by atoms with E-state index in [0.29, 0.717) is 0 Å². The SMILES string of the molecule is CCCCCC(NN)c1ccccc1Cl. The Kier molecular flexibility index (Phi) is 5.69. The zero-order valence-electron chi connectivity index (χ0n) is 9.17. The standard InChI is InChI=1S/C12H19ClN2/c1-2-3-4-9-12(15-14)10-7-5-6-8-11(10)13/h5-8,12,15H,2-4,9,14H2,1H3. The average Bonchev–Trinajstić information content (AvgIpc) is 2.26. The molecule has 15 heavy (non-hydrogen) atoms. The lowest BCUT2D eigenvalue weighted by Gasteiger charge is -2.17. The van der Waals surface area contributed by atoms with Crippen LogP contribution < -0.4 is 11.3 Å². The Bertz CT molecular complexity index is 289. The molecule has 84 valence electrons. The summed E-state index contributed by atoms with van der Waals surface area (Å²) in [6, 6.07) is 8.03. The van der Waals surface area contributed by atoms with Crippen molar-refractivity contribution in [3.05, 3.63) is 34.9 Å². The first-order valence-corrected chi connectivity index (χ1v) is 5.88. The number of hydrazine groups is 1. The van der Waals surface area contributed by atoms with Gasteiger partial charge in [0, 0.05) is 11.1 Å². The van der Waals surface area contributed by atoms with Gasteiger partial charge in [-0.25, -0.2) is 0 Å². The summed E-state index contributed by atoms with van der Waals surface area (Å²) in [5, 5.41) is 0.789. The fourth-order valence-electron chi connectivity index (χ4n) is 1.68. The van der Waals surface area contributed by atoms with Crippen molar-refractivity contribution < 1.29 is 0 Å². The third-order valence-corrected chi connectivity index (χ3v) is 2.92. The van der Waals surface area contributed by atoms with Gasteiger partial charge < -0.3 is 0 Å². The van der Waals surface area contributed by atoms with Crippen LogP contribution in [0.15, 0.2) is 24.3 Å². The third-order valence-electron chi connectivity index (χ3n) is 2.58. The van der Waals surface area contributed by atoms with E-state index in [0.717, 1.165) is 17.0 Å². The highest BCUT2D eigenvalue weighted by molar-refractivity contribution is 6.31. The molecule has 0 fully saturated rings. The quantitative estimate of drug-likeness (QED) is 0.443. The lowest BCUT2D eigenvalue weighted by molar-refractivity contribution is 0.487. The molecule has 0 aliphatic carbocycles. The van der Waals surface area contributed by atoms with Gasteiger partial charge in [0.2, 0.25) is 0 Å². The molecule has 1 rings (SSSR count). The molecule has 1 unspecified atom stereocenters. The molecular weight excluding hydrogens is 208 g/mol. The molecule has 0 saturated heterocycles. The first kappa shape index (κ1) is 12.5. The Labute approximate surface area is 96.8 Å². The number of nitrogens with two attached hydrogens (primary N) is 1. The number of rotatable bonds is 6. The van der Waals surface area contributed by atoms with Gasteiger partial charge in [0.1, 0.15) is 0 Å². The van der Waals surface area contributed by atoms with E-state index in [2.05, 4.69) is 12.3 Å². The van der Waals surface area contributed by atoms with Crippen LogP contribution in [0.3, 0.4) is 0 Å². The van der Waals surface area contributed by atoms with Crippen molar-refractivity contribution in [2.45, 2.75) is 38.6 Å². The number of nitrogens with one attached hydrogen (secondary N) is 1. The molecule has 0 saturated carbocycles. The average molecular weight is 227 g/mol. The van der Waals surface area contributed by atoms with Crippen LogP contribution in [-0.2, 0) is 0 Å². The largest absolute Gasteiger partial charge is 0.271 e. The van der Waals surface area contributed by atoms with Crippen molar-refractivity contribution in [1.82, 2.24) is 5.43 Å². The van der Waals surface area contributed by atoms with E-state index in [1.165, 1.54) is 19.3 Å². The first-order valence-electron chi connectivity index (χ1n) is 5.50. The zero-order valence-corrected chi connectivity index (χ0v) is 9.93. The van der Waals surface area contributed by atoms with E-state index >= 15 is 0 Å². The van der Waals surface area contributed by atoms with E-state index < -0.39 is 0 Å². The van der Waals surface area contributed by atoms with E-state index in [1.54, 1.807) is 0 Å². The van der Waals surface area contributed by atoms with E-state index in [-0.39, 0.29) is 6.04 Å². The Morgan fingerprint density at radius 1 is 1.33 bits per heavy atom. The summed E-state index contributed by atoms with van der Waals surface area (Å²) in [4.78, 5) is 0. The van der Waals surface area contributed by atoms with E-state index in [1.807, 2.05) is 24.3 Å². The summed E-state index contributed by atoms with van der Waals surface area (Å²) in [5.41, 5.74) is 3.93. The van der Waals surface area contributed by atoms with Crippen molar-refractivity contribution in [1.29, 1.82) is 0 Å². The van der Waals surface area contributed by atoms with Crippen LogP contribution in [-0.4, -0.2) is 0 Å². The van der Waals surface area contributed by atoms with Crippen molar-refractivity contribution in [2.24, 2.45) is 5.84 Å². The van der Waals surface area contributed by atoms with Crippen molar-refractivity contribution in [2.75, 3.05) is 0 Å². The number of benzene rings is 1. The highest BCUT2D eigenvalue weighted by Gasteiger charge is 2.11. The third kappa shape index (κ3) is 3.82. The monoisotopic (exact) mass is 226 g/mol. The van der Waals surface area contributed by atoms with Gasteiger partial charge in [-0.3, -0.25) is 11.3 Å². The maximum Gasteiger partial charge on any atom is 0.0474 e. The molecule has 0 aliphatic heterocycles. The maximum absolute atomic E-state index is 6.11. The molecule has 0 heterocycles. The summed E-state index contributed by atoms with van der Waals surface area (Å²) < 4.78 is 0. The fourth-order valence-corrected chi connectivity index (χ4v) is 1.95. The number of hydrogen-bond acceptors (Lipinski definition) is 2. The van der Waals surface area contributed by atoms with Crippen LogP contribution >= 0.6 is 11.6 Å². The lowest BCUT2D eigenvalue weighted by Crippen LogP contribution is -2.28. The topological polar surface area (TPSA) is 38.0 Å². The number of hydrogen-bond donors (Lipinski definition) is 2. The molecule has 1 aromatic carbocycles. The Morgan fingerprint density at radius 2 is 2.07 bits per heavy atom. The first-order chi connectivity index (χ1) is 7.29. The van der Waals surface area contributed by atoms with Gasteiger partial charge in [0.05, 0.1) is 0 Å². The van der Waals surface area contributed by atoms with Gasteiger partial charge >= 0.3 is 0 Å². The van der Waals surface area contributed by atoms with Crippen LogP contribution in [0.2, 0.25) is 5.02 Å². The molecule has 0 radical (unpaired) electrons. The molecule has 2 nitrogen and oxygen atoms in total. The summed E-state index contributed by atoms with van der Waals surface area (Å²) >= 11 is 6.11. The second-order valence-electron chi connectivity index (χ2n) is 3.74. The van der Waals surface area contributed by atoms with Gasteiger partial charge in [-0.15, -0.1) is 0 Å². The molecular formula is C12H19ClN2. The van der Waals surface area contributed by atoms with Gasteiger partial charge in [-0.05, 0) is 18.1 Å². The highest BCUT2D eigenvalue weighted by Crippen LogP contribution is 2.25. The maximum atomic E-state index is 6.11. The molecule has 0 spiro atoms. The minimum absolute atomic E-state index is 0.172. The van der Waals surface area contributed by atoms with Gasteiger partial charge in [0.15, 0.2) is 0 Å². The van der Waals surface area contributed by atoms with Gasteiger partial charge in [0.25, 0.3) is 0 Å². The summed E-state index contributed by atoms with van der Waals surface area (Å²) in [7, 11) is 0. The second kappa shape index (κ2) is 6.83. The van der Waals surface area contributed by atoms with Crippen LogP contribution in [0, 0.1) is 0 Å². The van der Waals surface area contributed by atoms with Crippen LogP contribution in [0.5, 0.6) is 0 Å². The molecule has 3 N–H and O–H groups in total. The van der Waals surface area contributed by atoms with Crippen LogP contribution in [0.1, 0.15) is 44.2 Å². The van der Waals surface area contributed by atoms with Gasteiger partial charge in [-0.1, -0.05) is 56.0 Å². The molecule has 0 bridgehead atoms. The summed E-state index contributed by atoms with van der Waals surface area (Å²) in [6.07, 6.45) is 4.67. The minimum Gasteiger partial charge on any atom is -0.271 e. The number of halogens is 1. The molecule has 0 aromatic heterocycles. The Balaban J connectivity index is 2.61. The Hall–Kier alpha value is -0.570. The highest BCUT2D eigenvalue weighted by atomic mass is 35.5. The normalized spacial score (nSPS) is 12.7. The van der Waals surface area contributed by atoms with Crippen LogP contribution in [0.25, 0.3) is 0 Å². The number of unbranched alkanes of at least 4 members (excludes halogenated alkanes) is 2. The Morgan fingerprint density at radius 3 is 2.67 bits per heavy atom. The fraction of sp³-hybridized carbons (Fsp3) is 0.500. The summed E-state index contributed by atoms with van der Waals surface area (Å²) in [5.74, 6) is 5.55. The van der Waals surface area contributed by atoms with Crippen molar-refractivity contribution >= 4 is 11.6 Å².